The molecular formula is C19H20N4O. The Hall–Kier alpha value is -2.50. The molecule has 2 atom stereocenters. The summed E-state index contributed by atoms with van der Waals surface area (Å²) in [7, 11) is 0. The van der Waals surface area contributed by atoms with E-state index in [9.17, 15) is 4.79 Å². The zero-order chi connectivity index (χ0) is 16.5. The number of benzene rings is 1. The number of hydrogen-bond donors (Lipinski definition) is 1. The monoisotopic (exact) mass is 320 g/mol. The summed E-state index contributed by atoms with van der Waals surface area (Å²) in [6, 6.07) is 17.7. The molecule has 2 N–H and O–H groups in total. The van der Waals surface area contributed by atoms with Gasteiger partial charge in [-0.15, -0.1) is 0 Å². The number of likely N-dealkylation sites (tertiary alicyclic amines) is 1. The molecule has 122 valence electrons. The molecule has 2 aromatic heterocycles. The molecule has 0 spiro atoms. The van der Waals surface area contributed by atoms with Crippen LogP contribution in [0.15, 0.2) is 65.6 Å². The molecule has 1 aliphatic heterocycles. The fourth-order valence-electron chi connectivity index (χ4n) is 3.51. The van der Waals surface area contributed by atoms with E-state index >= 15 is 0 Å². The van der Waals surface area contributed by atoms with Crippen LogP contribution in [-0.4, -0.2) is 33.4 Å². The molecular weight excluding hydrogens is 300 g/mol. The van der Waals surface area contributed by atoms with E-state index in [0.29, 0.717) is 18.1 Å². The second kappa shape index (κ2) is 6.19. The topological polar surface area (TPSA) is 63.6 Å². The van der Waals surface area contributed by atoms with E-state index in [0.717, 1.165) is 18.8 Å². The van der Waals surface area contributed by atoms with Gasteiger partial charge >= 0.3 is 0 Å². The van der Waals surface area contributed by atoms with Crippen molar-refractivity contribution >= 4 is 5.65 Å². The highest BCUT2D eigenvalue weighted by atomic mass is 16.1. The molecule has 0 amide bonds. The first-order valence-electron chi connectivity index (χ1n) is 8.21. The maximum absolute atomic E-state index is 12.2. The Morgan fingerprint density at radius 2 is 1.88 bits per heavy atom. The number of nitrogens with zero attached hydrogens (tertiary/aromatic N) is 3. The van der Waals surface area contributed by atoms with E-state index in [-0.39, 0.29) is 11.6 Å². The van der Waals surface area contributed by atoms with Crippen LogP contribution in [-0.2, 0) is 6.54 Å². The first-order valence-corrected chi connectivity index (χ1v) is 8.21. The lowest BCUT2D eigenvalue weighted by Crippen LogP contribution is -2.29. The van der Waals surface area contributed by atoms with Gasteiger partial charge in [0.15, 0.2) is 0 Å². The molecule has 24 heavy (non-hydrogen) atoms. The third-order valence-electron chi connectivity index (χ3n) is 4.68. The van der Waals surface area contributed by atoms with Crippen molar-refractivity contribution < 1.29 is 0 Å². The smallest absolute Gasteiger partial charge is 0.258 e. The van der Waals surface area contributed by atoms with E-state index in [1.807, 2.05) is 24.3 Å². The minimum absolute atomic E-state index is 0.0429. The molecule has 1 aliphatic rings. The Kier molecular flexibility index (Phi) is 3.88. The molecule has 3 aromatic rings. The van der Waals surface area contributed by atoms with Crippen molar-refractivity contribution in [2.75, 3.05) is 13.1 Å². The van der Waals surface area contributed by atoms with Gasteiger partial charge in [0.2, 0.25) is 0 Å². The number of nitrogens with two attached hydrogens (primary N) is 1. The third-order valence-corrected chi connectivity index (χ3v) is 4.68. The lowest BCUT2D eigenvalue weighted by molar-refractivity contribution is 0.319. The zero-order valence-electron chi connectivity index (χ0n) is 13.4. The standard InChI is InChI=1S/C19H20N4O/c20-17-13-22(12-16(17)14-6-2-1-3-7-14)11-15-10-19(24)23-9-5-4-8-18(23)21-15/h1-10,16-17H,11-13,20H2/t16-,17+/m0/s1. The molecule has 3 heterocycles. The second-order valence-electron chi connectivity index (χ2n) is 6.39. The minimum atomic E-state index is -0.0429. The molecule has 0 radical (unpaired) electrons. The van der Waals surface area contributed by atoms with Crippen molar-refractivity contribution in [2.45, 2.75) is 18.5 Å². The predicted octanol–water partition coefficient (Wildman–Crippen LogP) is 1.62. The maximum Gasteiger partial charge on any atom is 0.258 e. The van der Waals surface area contributed by atoms with Gasteiger partial charge in [-0.05, 0) is 17.7 Å². The fraction of sp³-hybridized carbons (Fsp3) is 0.263. The van der Waals surface area contributed by atoms with Gasteiger partial charge in [0.05, 0.1) is 5.69 Å². The number of rotatable bonds is 3. The number of fused-ring (bicyclic) bond motifs is 1. The number of pyridine rings is 1. The molecule has 0 unspecified atom stereocenters. The van der Waals surface area contributed by atoms with Gasteiger partial charge in [-0.25, -0.2) is 4.98 Å². The summed E-state index contributed by atoms with van der Waals surface area (Å²) in [4.78, 5) is 19.1. The van der Waals surface area contributed by atoms with Crippen LogP contribution in [0.1, 0.15) is 17.2 Å². The van der Waals surface area contributed by atoms with Gasteiger partial charge in [-0.2, -0.15) is 0 Å². The van der Waals surface area contributed by atoms with E-state index < -0.39 is 0 Å². The Labute approximate surface area is 140 Å². The van der Waals surface area contributed by atoms with Crippen molar-refractivity contribution in [1.82, 2.24) is 14.3 Å². The average Bonchev–Trinajstić information content (AvgIpc) is 2.96. The van der Waals surface area contributed by atoms with Crippen molar-refractivity contribution in [3.8, 4) is 0 Å². The average molecular weight is 320 g/mol. The van der Waals surface area contributed by atoms with Gasteiger partial charge in [-0.3, -0.25) is 14.1 Å². The van der Waals surface area contributed by atoms with Crippen LogP contribution in [0.2, 0.25) is 0 Å². The van der Waals surface area contributed by atoms with E-state index in [1.54, 1.807) is 16.7 Å². The minimum Gasteiger partial charge on any atom is -0.326 e. The van der Waals surface area contributed by atoms with Crippen LogP contribution < -0.4 is 11.3 Å². The van der Waals surface area contributed by atoms with E-state index in [2.05, 4.69) is 34.1 Å². The first kappa shape index (κ1) is 15.1. The first-order chi connectivity index (χ1) is 11.7. The van der Waals surface area contributed by atoms with Gasteiger partial charge in [-0.1, -0.05) is 36.4 Å². The maximum atomic E-state index is 12.2. The summed E-state index contributed by atoms with van der Waals surface area (Å²) in [5.41, 5.74) is 9.06. The summed E-state index contributed by atoms with van der Waals surface area (Å²) in [5, 5.41) is 0. The Balaban J connectivity index is 1.55. The summed E-state index contributed by atoms with van der Waals surface area (Å²) >= 11 is 0. The summed E-state index contributed by atoms with van der Waals surface area (Å²) in [6.45, 7) is 2.36. The molecule has 5 heteroatoms. The highest BCUT2D eigenvalue weighted by Gasteiger charge is 2.31. The van der Waals surface area contributed by atoms with Gasteiger partial charge in [0.1, 0.15) is 5.65 Å². The lowest BCUT2D eigenvalue weighted by atomic mass is 9.95. The van der Waals surface area contributed by atoms with Crippen LogP contribution in [0, 0.1) is 0 Å². The summed E-state index contributed by atoms with van der Waals surface area (Å²) < 4.78 is 1.56. The highest BCUT2D eigenvalue weighted by Crippen LogP contribution is 2.27. The SMILES string of the molecule is N[C@@H]1CN(Cc2cc(=O)n3ccccc3n2)C[C@H]1c1ccccc1. The Bertz CT molecular complexity index is 906. The molecule has 5 nitrogen and oxygen atoms in total. The normalized spacial score (nSPS) is 21.4. The largest absolute Gasteiger partial charge is 0.326 e. The second-order valence-corrected chi connectivity index (χ2v) is 6.39. The van der Waals surface area contributed by atoms with Crippen molar-refractivity contribution in [2.24, 2.45) is 5.73 Å². The van der Waals surface area contributed by atoms with E-state index in [1.165, 1.54) is 5.56 Å². The molecule has 0 saturated carbocycles. The van der Waals surface area contributed by atoms with Crippen molar-refractivity contribution in [3.63, 3.8) is 0 Å². The fourth-order valence-corrected chi connectivity index (χ4v) is 3.51. The molecule has 0 bridgehead atoms. The van der Waals surface area contributed by atoms with Crippen molar-refractivity contribution in [1.29, 1.82) is 0 Å². The summed E-state index contributed by atoms with van der Waals surface area (Å²) in [5.74, 6) is 0.327. The van der Waals surface area contributed by atoms with Crippen LogP contribution in [0.4, 0.5) is 0 Å². The highest BCUT2D eigenvalue weighted by molar-refractivity contribution is 5.38. The lowest BCUT2D eigenvalue weighted by Gasteiger charge is -2.16. The van der Waals surface area contributed by atoms with Gasteiger partial charge < -0.3 is 5.73 Å². The van der Waals surface area contributed by atoms with Crippen molar-refractivity contribution in [3.05, 3.63) is 82.4 Å². The van der Waals surface area contributed by atoms with Crippen LogP contribution in [0.3, 0.4) is 0 Å². The predicted molar refractivity (Wildman–Crippen MR) is 93.9 cm³/mol. The number of hydrogen-bond acceptors (Lipinski definition) is 4. The number of aromatic nitrogens is 2. The summed E-state index contributed by atoms with van der Waals surface area (Å²) in [6.07, 6.45) is 1.74. The molecule has 0 aliphatic carbocycles. The molecule has 4 rings (SSSR count). The van der Waals surface area contributed by atoms with Crippen LogP contribution >= 0.6 is 0 Å². The quantitative estimate of drug-likeness (QED) is 0.796. The molecule has 1 fully saturated rings. The Morgan fingerprint density at radius 3 is 2.71 bits per heavy atom. The van der Waals surface area contributed by atoms with Gasteiger partial charge in [0.25, 0.3) is 5.56 Å². The zero-order valence-corrected chi connectivity index (χ0v) is 13.4. The van der Waals surface area contributed by atoms with Crippen LogP contribution in [0.25, 0.3) is 5.65 Å². The molecule has 1 saturated heterocycles. The third kappa shape index (κ3) is 2.84. The van der Waals surface area contributed by atoms with Gasteiger partial charge in [0, 0.05) is 43.9 Å². The van der Waals surface area contributed by atoms with Crippen LogP contribution in [0.5, 0.6) is 0 Å². The van der Waals surface area contributed by atoms with E-state index in [4.69, 9.17) is 5.73 Å². The molecule has 1 aromatic carbocycles. The Morgan fingerprint density at radius 1 is 1.08 bits per heavy atom.